The van der Waals surface area contributed by atoms with E-state index in [1.165, 1.54) is 128 Å². The number of hydrogen-bond donors (Lipinski definition) is 3. The Labute approximate surface area is 530 Å². The van der Waals surface area contributed by atoms with E-state index in [4.69, 9.17) is 37.0 Å². The fourth-order valence-electron chi connectivity index (χ4n) is 10.1. The summed E-state index contributed by atoms with van der Waals surface area (Å²) in [6, 6.07) is 0. The minimum Gasteiger partial charge on any atom is -0.462 e. The van der Waals surface area contributed by atoms with Gasteiger partial charge in [0, 0.05) is 25.7 Å². The molecule has 0 aliphatic carbocycles. The zero-order valence-corrected chi connectivity index (χ0v) is 58.4. The number of rotatable bonds is 65. The van der Waals surface area contributed by atoms with Gasteiger partial charge in [-0.2, -0.15) is 0 Å². The molecule has 0 aliphatic heterocycles. The summed E-state index contributed by atoms with van der Waals surface area (Å²) in [5, 5.41) is 10.6. The molecule has 2 unspecified atom stereocenters. The van der Waals surface area contributed by atoms with Crippen molar-refractivity contribution < 1.29 is 80.2 Å². The highest BCUT2D eigenvalue weighted by Gasteiger charge is 2.30. The Morgan fingerprint density at radius 1 is 0.287 bits per heavy atom. The normalized spacial score (nSPS) is 14.3. The highest BCUT2D eigenvalue weighted by molar-refractivity contribution is 7.47. The van der Waals surface area contributed by atoms with Gasteiger partial charge in [-0.15, -0.1) is 0 Å². The van der Waals surface area contributed by atoms with Crippen LogP contribution in [0.2, 0.25) is 0 Å². The summed E-state index contributed by atoms with van der Waals surface area (Å²) in [5.41, 5.74) is 0. The van der Waals surface area contributed by atoms with Crippen molar-refractivity contribution in [1.29, 1.82) is 0 Å². The molecule has 5 atom stereocenters. The molecule has 0 rings (SSSR count). The van der Waals surface area contributed by atoms with Crippen LogP contribution in [0.4, 0.5) is 0 Å². The zero-order chi connectivity index (χ0) is 64.7. The summed E-state index contributed by atoms with van der Waals surface area (Å²) >= 11 is 0. The van der Waals surface area contributed by atoms with E-state index in [0.717, 1.165) is 108 Å². The van der Waals surface area contributed by atoms with Crippen molar-refractivity contribution in [2.45, 2.75) is 350 Å². The molecule has 3 N–H and O–H groups in total. The number of phosphoric acid groups is 2. The fraction of sp³-hybridized carbons (Fsp3) is 0.941. The van der Waals surface area contributed by atoms with E-state index in [2.05, 4.69) is 55.4 Å². The van der Waals surface area contributed by atoms with Crippen LogP contribution in [0, 0.1) is 23.7 Å². The highest BCUT2D eigenvalue weighted by Crippen LogP contribution is 2.45. The topological polar surface area (TPSA) is 237 Å². The van der Waals surface area contributed by atoms with Gasteiger partial charge in [-0.25, -0.2) is 9.13 Å². The molecule has 0 aromatic rings. The van der Waals surface area contributed by atoms with Gasteiger partial charge >= 0.3 is 39.5 Å². The second-order valence-electron chi connectivity index (χ2n) is 26.5. The van der Waals surface area contributed by atoms with Crippen LogP contribution in [0.3, 0.4) is 0 Å². The zero-order valence-electron chi connectivity index (χ0n) is 56.6. The molecule has 0 radical (unpaired) electrons. The Morgan fingerprint density at radius 3 is 0.713 bits per heavy atom. The summed E-state index contributed by atoms with van der Waals surface area (Å²) in [6.45, 7) is 14.0. The van der Waals surface area contributed by atoms with Gasteiger partial charge in [0.15, 0.2) is 12.2 Å². The molecule has 0 saturated carbocycles. The molecule has 0 aromatic heterocycles. The second-order valence-corrected chi connectivity index (χ2v) is 29.4. The lowest BCUT2D eigenvalue weighted by molar-refractivity contribution is -0.161. The summed E-state index contributed by atoms with van der Waals surface area (Å²) in [7, 11) is -9.90. The standard InChI is InChI=1S/C68H132O17P2/c1-58(2)44-36-28-20-16-12-10-9-11-13-19-23-34-42-50-67(72)84-63(55-79-66(71)49-41-33-26-24-30-38-46-60(5)6)56-82-86(74,75)80-52-62(69)53-81-87(76,77)83-57-64(85-68(73)51-43-35-27-25-31-39-47-61(7)8)54-78-65(70)48-40-32-22-18-15-14-17-21-29-37-45-59(3)4/h58-64,69H,9-57H2,1-8H3,(H,74,75)(H,76,77)/t62-,63+,64+/m0/s1. The second kappa shape index (κ2) is 57.9. The quantitative estimate of drug-likeness (QED) is 0.0222. The number of carbonyl (C=O) groups excluding carboxylic acids is 4. The summed E-state index contributed by atoms with van der Waals surface area (Å²) in [4.78, 5) is 72.3. The number of phosphoric ester groups is 2. The van der Waals surface area contributed by atoms with Gasteiger partial charge in [-0.3, -0.25) is 37.3 Å². The van der Waals surface area contributed by atoms with Crippen LogP contribution in [0.1, 0.15) is 331 Å². The molecule has 0 aromatic carbocycles. The number of ether oxygens (including phenoxy) is 4. The average molecular weight is 1280 g/mol. The van der Waals surface area contributed by atoms with Crippen LogP contribution in [0.25, 0.3) is 0 Å². The maximum atomic E-state index is 13.0. The van der Waals surface area contributed by atoms with Gasteiger partial charge in [0.25, 0.3) is 0 Å². The fourth-order valence-corrected chi connectivity index (χ4v) is 11.7. The predicted octanol–water partition coefficient (Wildman–Crippen LogP) is 18.9. The SMILES string of the molecule is CC(C)CCCCCCCCCCCCCCCC(=O)O[C@H](COC(=O)CCCCCCCCC(C)C)COP(=O)(O)OC[C@H](O)COP(=O)(O)OC[C@@H](COC(=O)CCCCCCCCCCCCC(C)C)OC(=O)CCCCCCCCC(C)C. The van der Waals surface area contributed by atoms with E-state index >= 15 is 0 Å². The van der Waals surface area contributed by atoms with Crippen molar-refractivity contribution >= 4 is 39.5 Å². The molecule has 0 amide bonds. The lowest BCUT2D eigenvalue weighted by Crippen LogP contribution is -2.30. The summed E-state index contributed by atoms with van der Waals surface area (Å²) in [5.74, 6) is 0.756. The molecule has 0 aliphatic rings. The molecule has 0 fully saturated rings. The van der Waals surface area contributed by atoms with E-state index in [-0.39, 0.29) is 25.7 Å². The van der Waals surface area contributed by atoms with Crippen LogP contribution >= 0.6 is 15.6 Å². The van der Waals surface area contributed by atoms with Crippen LogP contribution in [-0.2, 0) is 65.4 Å². The molecule has 87 heavy (non-hydrogen) atoms. The number of esters is 4. The molecule has 0 bridgehead atoms. The first-order valence-corrected chi connectivity index (χ1v) is 38.2. The van der Waals surface area contributed by atoms with Gasteiger partial charge < -0.3 is 33.8 Å². The largest absolute Gasteiger partial charge is 0.472 e. The predicted molar refractivity (Wildman–Crippen MR) is 349 cm³/mol. The van der Waals surface area contributed by atoms with Gasteiger partial charge in [-0.05, 0) is 49.4 Å². The van der Waals surface area contributed by atoms with Crippen LogP contribution in [-0.4, -0.2) is 96.7 Å². The Kier molecular flexibility index (Phi) is 56.6. The molecular weight excluding hydrogens is 1150 g/mol. The van der Waals surface area contributed by atoms with Crippen molar-refractivity contribution in [1.82, 2.24) is 0 Å². The number of aliphatic hydroxyl groups excluding tert-OH is 1. The van der Waals surface area contributed by atoms with Crippen molar-refractivity contribution in [3.8, 4) is 0 Å². The molecule has 516 valence electrons. The van der Waals surface area contributed by atoms with Gasteiger partial charge in [-0.1, -0.05) is 280 Å². The first-order chi connectivity index (χ1) is 41.6. The van der Waals surface area contributed by atoms with Crippen LogP contribution < -0.4 is 0 Å². The van der Waals surface area contributed by atoms with Gasteiger partial charge in [0.2, 0.25) is 0 Å². The van der Waals surface area contributed by atoms with Crippen LogP contribution in [0.15, 0.2) is 0 Å². The summed E-state index contributed by atoms with van der Waals surface area (Å²) < 4.78 is 68.1. The van der Waals surface area contributed by atoms with Crippen LogP contribution in [0.5, 0.6) is 0 Å². The lowest BCUT2D eigenvalue weighted by atomic mass is 10.0. The molecule has 0 spiro atoms. The Morgan fingerprint density at radius 2 is 0.483 bits per heavy atom. The third-order valence-corrected chi connectivity index (χ3v) is 17.5. The number of hydrogen-bond acceptors (Lipinski definition) is 15. The maximum Gasteiger partial charge on any atom is 0.472 e. The van der Waals surface area contributed by atoms with Crippen molar-refractivity contribution in [2.75, 3.05) is 39.6 Å². The van der Waals surface area contributed by atoms with E-state index in [1.807, 2.05) is 0 Å². The third-order valence-electron chi connectivity index (χ3n) is 15.6. The van der Waals surface area contributed by atoms with E-state index in [1.54, 1.807) is 0 Å². The first kappa shape index (κ1) is 85.1. The van der Waals surface area contributed by atoms with Gasteiger partial charge in [0.05, 0.1) is 26.4 Å². The number of aliphatic hydroxyl groups is 1. The monoisotopic (exact) mass is 1280 g/mol. The third kappa shape index (κ3) is 62.6. The molecule has 17 nitrogen and oxygen atoms in total. The van der Waals surface area contributed by atoms with Crippen molar-refractivity contribution in [3.05, 3.63) is 0 Å². The smallest absolute Gasteiger partial charge is 0.462 e. The van der Waals surface area contributed by atoms with Crippen molar-refractivity contribution in [3.63, 3.8) is 0 Å². The molecule has 0 heterocycles. The van der Waals surface area contributed by atoms with E-state index < -0.39 is 97.5 Å². The first-order valence-electron chi connectivity index (χ1n) is 35.2. The van der Waals surface area contributed by atoms with E-state index in [0.29, 0.717) is 37.5 Å². The van der Waals surface area contributed by atoms with E-state index in [9.17, 15) is 43.2 Å². The minimum absolute atomic E-state index is 0.101. The Hall–Kier alpha value is -1.94. The number of unbranched alkanes of at least 4 members (excludes halogenated alkanes) is 31. The summed E-state index contributed by atoms with van der Waals surface area (Å²) in [6.07, 6.45) is 39.3. The minimum atomic E-state index is -4.95. The van der Waals surface area contributed by atoms with Crippen molar-refractivity contribution in [2.24, 2.45) is 23.7 Å². The number of carbonyl (C=O) groups is 4. The highest BCUT2D eigenvalue weighted by atomic mass is 31.2. The average Bonchev–Trinajstić information content (AvgIpc) is 3.68. The Bertz CT molecular complexity index is 1730. The van der Waals surface area contributed by atoms with Gasteiger partial charge in [0.1, 0.15) is 19.3 Å². The maximum absolute atomic E-state index is 13.0. The Balaban J connectivity index is 5.20. The molecule has 0 saturated heterocycles. The molecule has 19 heteroatoms. The molecular formula is C68H132O17P2. The lowest BCUT2D eigenvalue weighted by Gasteiger charge is -2.21.